The van der Waals surface area contributed by atoms with E-state index in [1.807, 2.05) is 13.8 Å². The summed E-state index contributed by atoms with van der Waals surface area (Å²) >= 11 is 12.6. The second-order valence-electron chi connectivity index (χ2n) is 12.0. The van der Waals surface area contributed by atoms with Gasteiger partial charge in [-0.05, 0) is 69.8 Å². The molecule has 3 aromatic carbocycles. The molecule has 0 unspecified atom stereocenters. The summed E-state index contributed by atoms with van der Waals surface area (Å²) in [4.78, 5) is 41.7. The molecule has 0 spiro atoms. The van der Waals surface area contributed by atoms with E-state index in [1.54, 1.807) is 47.4 Å². The smallest absolute Gasteiger partial charge is 0.262 e. The number of methoxy groups -OCH3 is 1. The number of para-hydroxylation sites is 1. The fraction of sp³-hybridized carbons (Fsp3) is 0.351. The average molecular weight is 755 g/mol. The van der Waals surface area contributed by atoms with Gasteiger partial charge in [0.2, 0.25) is 11.8 Å². The quantitative estimate of drug-likeness (QED) is 0.120. The van der Waals surface area contributed by atoms with Crippen LogP contribution >= 0.6 is 23.2 Å². The Morgan fingerprint density at radius 1 is 0.962 bits per heavy atom. The zero-order valence-electron chi connectivity index (χ0n) is 29.5. The predicted molar refractivity (Wildman–Crippen MR) is 200 cm³/mol. The Morgan fingerprint density at radius 3 is 2.35 bits per heavy atom. The van der Waals surface area contributed by atoms with E-state index in [1.165, 1.54) is 25.4 Å². The molecule has 0 aliphatic carbocycles. The molecule has 1 aliphatic rings. The van der Waals surface area contributed by atoms with Crippen LogP contribution in [-0.4, -0.2) is 103 Å². The lowest BCUT2D eigenvalue weighted by Crippen LogP contribution is -2.44. The maximum atomic E-state index is 15.1. The highest BCUT2D eigenvalue weighted by atomic mass is 35.5. The molecule has 1 aliphatic heterocycles. The van der Waals surface area contributed by atoms with E-state index >= 15 is 4.39 Å². The largest absolute Gasteiger partial charge is 0.493 e. The van der Waals surface area contributed by atoms with Crippen LogP contribution in [0.15, 0.2) is 60.8 Å². The molecule has 1 saturated heterocycles. The van der Waals surface area contributed by atoms with Crippen molar-refractivity contribution in [3.05, 3.63) is 87.8 Å². The lowest BCUT2D eigenvalue weighted by Gasteiger charge is -2.32. The van der Waals surface area contributed by atoms with E-state index in [2.05, 4.69) is 37.4 Å². The number of piperazine rings is 1. The predicted octanol–water partition coefficient (Wildman–Crippen LogP) is 7.22. The van der Waals surface area contributed by atoms with Crippen LogP contribution in [0.3, 0.4) is 0 Å². The Labute approximate surface area is 312 Å². The number of benzene rings is 3. The van der Waals surface area contributed by atoms with Gasteiger partial charge in [-0.2, -0.15) is 4.98 Å². The topological polar surface area (TPSA) is 121 Å². The number of rotatable bonds is 15. The maximum Gasteiger partial charge on any atom is 0.262 e. The van der Waals surface area contributed by atoms with E-state index in [-0.39, 0.29) is 56.3 Å². The van der Waals surface area contributed by atoms with Crippen LogP contribution in [0.2, 0.25) is 10.0 Å². The highest BCUT2D eigenvalue weighted by Gasteiger charge is 2.22. The zero-order valence-corrected chi connectivity index (χ0v) is 31.1. The second kappa shape index (κ2) is 18.2. The maximum absolute atomic E-state index is 15.1. The molecule has 0 radical (unpaired) electrons. The third-order valence-corrected chi connectivity index (χ3v) is 9.16. The van der Waals surface area contributed by atoms with Gasteiger partial charge in [0.15, 0.2) is 23.1 Å². The van der Waals surface area contributed by atoms with Crippen molar-refractivity contribution < 1.29 is 28.2 Å². The van der Waals surface area contributed by atoms with E-state index in [9.17, 15) is 9.59 Å². The molecule has 0 saturated carbocycles. The van der Waals surface area contributed by atoms with Crippen LogP contribution in [0.5, 0.6) is 23.1 Å². The first kappa shape index (κ1) is 38.5. The van der Waals surface area contributed by atoms with Gasteiger partial charge in [0.1, 0.15) is 5.56 Å². The lowest BCUT2D eigenvalue weighted by molar-refractivity contribution is 0.0772. The number of likely N-dealkylation sites (N-methyl/N-ethyl adjacent to an activating group) is 1. The molecule has 12 nitrogen and oxygen atoms in total. The van der Waals surface area contributed by atoms with Crippen molar-refractivity contribution >= 4 is 52.3 Å². The Bertz CT molecular complexity index is 1850. The number of carbonyl (C=O) groups is 2. The summed E-state index contributed by atoms with van der Waals surface area (Å²) in [6, 6.07) is 14.0. The van der Waals surface area contributed by atoms with Crippen LogP contribution in [-0.2, 0) is 0 Å². The van der Waals surface area contributed by atoms with E-state index in [0.717, 1.165) is 39.1 Å². The summed E-state index contributed by atoms with van der Waals surface area (Å²) in [5.41, 5.74) is 0.857. The SMILES string of the molecule is CCN(CC)C(=O)c1ccc(Oc2nc(Nc3ccc(OCCCN4CCN(C)CC4)c(F)c3)ncc2C(=O)Nc2c(Cl)cccc2Cl)c(OC)c1. The number of aromatic nitrogens is 2. The third-order valence-electron chi connectivity index (χ3n) is 8.53. The van der Waals surface area contributed by atoms with Gasteiger partial charge in [0, 0.05) is 69.3 Å². The fourth-order valence-corrected chi connectivity index (χ4v) is 6.00. The number of nitrogens with zero attached hydrogens (tertiary/aromatic N) is 5. The van der Waals surface area contributed by atoms with Crippen molar-refractivity contribution in [1.29, 1.82) is 0 Å². The van der Waals surface area contributed by atoms with Crippen LogP contribution in [0.1, 0.15) is 41.0 Å². The average Bonchev–Trinajstić information content (AvgIpc) is 3.14. The molecule has 0 atom stereocenters. The number of hydrogen-bond acceptors (Lipinski definition) is 10. The molecule has 0 bridgehead atoms. The van der Waals surface area contributed by atoms with Crippen molar-refractivity contribution in [3.63, 3.8) is 0 Å². The molecule has 1 fully saturated rings. The van der Waals surface area contributed by atoms with Crippen molar-refractivity contribution in [2.75, 3.05) is 77.2 Å². The van der Waals surface area contributed by atoms with Crippen LogP contribution in [0, 0.1) is 5.82 Å². The molecule has 4 aromatic rings. The fourth-order valence-electron chi connectivity index (χ4n) is 5.51. The van der Waals surface area contributed by atoms with Crippen LogP contribution in [0.4, 0.5) is 21.7 Å². The molecule has 5 rings (SSSR count). The summed E-state index contributed by atoms with van der Waals surface area (Å²) in [6.45, 7) is 10.2. The highest BCUT2D eigenvalue weighted by Crippen LogP contribution is 2.36. The first-order valence-corrected chi connectivity index (χ1v) is 17.7. The number of halogens is 3. The molecule has 2 N–H and O–H groups in total. The Morgan fingerprint density at radius 2 is 1.67 bits per heavy atom. The van der Waals surface area contributed by atoms with Crippen LogP contribution in [0.25, 0.3) is 0 Å². The van der Waals surface area contributed by atoms with Gasteiger partial charge in [0.05, 0.1) is 29.4 Å². The Kier molecular flexibility index (Phi) is 13.5. The van der Waals surface area contributed by atoms with Crippen LogP contribution < -0.4 is 24.8 Å². The normalized spacial score (nSPS) is 13.4. The van der Waals surface area contributed by atoms with Crippen molar-refractivity contribution in [2.45, 2.75) is 20.3 Å². The number of ether oxygens (including phenoxy) is 3. The molecular weight excluding hydrogens is 712 g/mol. The Balaban J connectivity index is 1.36. The first-order valence-electron chi connectivity index (χ1n) is 17.0. The first-order chi connectivity index (χ1) is 25.1. The van der Waals surface area contributed by atoms with Crippen molar-refractivity contribution in [1.82, 2.24) is 24.7 Å². The standard InChI is InChI=1S/C37H42Cl2FN7O5/c1-5-47(6-2)36(49)24-11-13-31(32(21-24)50-4)52-35-26(34(48)43-33-27(38)9-7-10-28(33)39)23-41-37(44-35)42-25-12-14-30(29(40)22-25)51-20-8-15-46-18-16-45(3)17-19-46/h7,9-14,21-23H,5-6,8,15-20H2,1-4H3,(H,43,48)(H,41,42,44). The molecular formula is C37H42Cl2FN7O5. The van der Waals surface area contributed by atoms with Gasteiger partial charge in [-0.25, -0.2) is 9.37 Å². The van der Waals surface area contributed by atoms with Crippen molar-refractivity contribution in [3.8, 4) is 23.1 Å². The second-order valence-corrected chi connectivity index (χ2v) is 12.8. The summed E-state index contributed by atoms with van der Waals surface area (Å²) in [6.07, 6.45) is 2.03. The zero-order chi connectivity index (χ0) is 37.2. The monoisotopic (exact) mass is 753 g/mol. The third kappa shape index (κ3) is 9.79. The molecule has 2 amide bonds. The summed E-state index contributed by atoms with van der Waals surface area (Å²) in [5.74, 6) is -1.01. The molecule has 2 heterocycles. The van der Waals surface area contributed by atoms with Gasteiger partial charge in [-0.1, -0.05) is 29.3 Å². The molecule has 276 valence electrons. The number of anilines is 3. The van der Waals surface area contributed by atoms with E-state index < -0.39 is 11.7 Å². The molecule has 52 heavy (non-hydrogen) atoms. The lowest BCUT2D eigenvalue weighted by atomic mass is 10.1. The minimum atomic E-state index is -0.663. The van der Waals surface area contributed by atoms with Crippen molar-refractivity contribution in [2.24, 2.45) is 0 Å². The van der Waals surface area contributed by atoms with Gasteiger partial charge in [-0.15, -0.1) is 0 Å². The Hall–Kier alpha value is -4.69. The summed E-state index contributed by atoms with van der Waals surface area (Å²) in [5, 5.41) is 6.10. The van der Waals surface area contributed by atoms with Gasteiger partial charge in [-0.3, -0.25) is 9.59 Å². The minimum Gasteiger partial charge on any atom is -0.493 e. The molecule has 1 aromatic heterocycles. The van der Waals surface area contributed by atoms with Gasteiger partial charge >= 0.3 is 0 Å². The van der Waals surface area contributed by atoms with E-state index in [4.69, 9.17) is 37.4 Å². The highest BCUT2D eigenvalue weighted by molar-refractivity contribution is 6.40. The van der Waals surface area contributed by atoms with Gasteiger partial charge < -0.3 is 39.5 Å². The number of amides is 2. The summed E-state index contributed by atoms with van der Waals surface area (Å²) < 4.78 is 32.5. The molecule has 15 heteroatoms. The number of hydrogen-bond donors (Lipinski definition) is 2. The summed E-state index contributed by atoms with van der Waals surface area (Å²) in [7, 11) is 3.55. The number of nitrogens with one attached hydrogen (secondary N) is 2. The number of carbonyl (C=O) groups excluding carboxylic acids is 2. The van der Waals surface area contributed by atoms with E-state index in [0.29, 0.717) is 30.9 Å². The van der Waals surface area contributed by atoms with Gasteiger partial charge in [0.25, 0.3) is 11.8 Å². The minimum absolute atomic E-state index is 0.00914.